The summed E-state index contributed by atoms with van der Waals surface area (Å²) in [7, 11) is 0. The van der Waals surface area contributed by atoms with Crippen molar-refractivity contribution in [3.63, 3.8) is 0 Å². The summed E-state index contributed by atoms with van der Waals surface area (Å²) >= 11 is 0. The van der Waals surface area contributed by atoms with Gasteiger partial charge in [-0.2, -0.15) is 0 Å². The molecule has 0 atom stereocenters. The molecule has 7 heteroatoms. The van der Waals surface area contributed by atoms with Gasteiger partial charge >= 0.3 is 5.97 Å². The van der Waals surface area contributed by atoms with E-state index < -0.39 is 24.3 Å². The molecular formula is C77H69N3O4. The number of aromatic nitrogens is 1. The fourth-order valence-corrected chi connectivity index (χ4v) is 15.0. The van der Waals surface area contributed by atoms with Crippen LogP contribution in [0.1, 0.15) is 137 Å². The van der Waals surface area contributed by atoms with Crippen LogP contribution in [0.2, 0.25) is 0 Å². The van der Waals surface area contributed by atoms with Gasteiger partial charge < -0.3 is 14.6 Å². The molecule has 0 spiro atoms. The van der Waals surface area contributed by atoms with Gasteiger partial charge in [-0.25, -0.2) is 0 Å². The largest absolute Gasteiger partial charge is 0.480 e. The average Bonchev–Trinajstić information content (AvgIpc) is 1.21. The van der Waals surface area contributed by atoms with Crippen molar-refractivity contribution in [2.45, 2.75) is 113 Å². The van der Waals surface area contributed by atoms with Crippen molar-refractivity contribution in [1.82, 2.24) is 9.47 Å². The number of fused-ring (bicyclic) bond motifs is 7. The minimum Gasteiger partial charge on any atom is -0.480 e. The second kappa shape index (κ2) is 18.9. The second-order valence-electron chi connectivity index (χ2n) is 26.6. The number of amides is 2. The SMILES string of the molecule is C=C1C/C=C2/CC(C(C)(C)C)=CC3=C2C/C(=C\C=C/1N(c1ccc2c4c5cccc6c7ccc8c9c(ccc(c(cc4n(CCCCCC)c2c1)c65)c97)C(=O)N(CC(=O)O)C8=O)c1ccc2c4c5c(ccc14)C=C(C(C)(C)C)CC5=CC2)C=C3. The van der Waals surface area contributed by atoms with Gasteiger partial charge in [0.1, 0.15) is 6.54 Å². The van der Waals surface area contributed by atoms with E-state index in [0.717, 1.165) is 134 Å². The van der Waals surface area contributed by atoms with E-state index in [1.54, 1.807) is 12.1 Å². The molecule has 2 heterocycles. The van der Waals surface area contributed by atoms with Crippen LogP contribution in [0, 0.1) is 10.8 Å². The number of benzene rings is 8. The lowest BCUT2D eigenvalue weighted by atomic mass is 9.73. The fraction of sp³-hybridized carbons (Fsp3) is 0.260. The van der Waals surface area contributed by atoms with Crippen LogP contribution in [0.5, 0.6) is 0 Å². The molecule has 6 aliphatic rings. The molecule has 0 saturated heterocycles. The third-order valence-electron chi connectivity index (χ3n) is 19.5. The molecular weight excluding hydrogens is 1030 g/mol. The first-order chi connectivity index (χ1) is 40.4. The summed E-state index contributed by atoms with van der Waals surface area (Å²) in [6.45, 7) is 21.4. The highest BCUT2D eigenvalue weighted by molar-refractivity contribution is 6.41. The van der Waals surface area contributed by atoms with E-state index in [-0.39, 0.29) is 10.8 Å². The Morgan fingerprint density at radius 1 is 0.631 bits per heavy atom. The number of carbonyl (C=O) groups is 3. The lowest BCUT2D eigenvalue weighted by Crippen LogP contribution is -2.43. The summed E-state index contributed by atoms with van der Waals surface area (Å²) in [5.74, 6) is -2.40. The summed E-state index contributed by atoms with van der Waals surface area (Å²) in [6, 6.07) is 33.2. The summed E-state index contributed by atoms with van der Waals surface area (Å²) in [6.07, 6.45) is 28.0. The van der Waals surface area contributed by atoms with Gasteiger partial charge in [0.05, 0.1) is 16.7 Å². The molecule has 5 aliphatic carbocycles. The Labute approximate surface area is 490 Å². The fourth-order valence-electron chi connectivity index (χ4n) is 15.0. The third kappa shape index (κ3) is 7.87. The Bertz CT molecular complexity index is 4780. The number of hydrogen-bond acceptors (Lipinski definition) is 4. The molecule has 0 radical (unpaired) electrons. The lowest BCUT2D eigenvalue weighted by molar-refractivity contribution is -0.137. The van der Waals surface area contributed by atoms with Gasteiger partial charge in [-0.3, -0.25) is 19.3 Å². The van der Waals surface area contributed by atoms with Crippen LogP contribution in [0.15, 0.2) is 185 Å². The molecule has 0 saturated carbocycles. The van der Waals surface area contributed by atoms with Crippen LogP contribution in [0.3, 0.4) is 0 Å². The number of anilines is 2. The Morgan fingerprint density at radius 2 is 1.33 bits per heavy atom. The van der Waals surface area contributed by atoms with Crippen molar-refractivity contribution in [1.29, 1.82) is 0 Å². The molecule has 2 bridgehead atoms. The Balaban J connectivity index is 0.979. The first kappa shape index (κ1) is 52.0. The van der Waals surface area contributed by atoms with E-state index in [4.69, 9.17) is 6.58 Å². The van der Waals surface area contributed by atoms with E-state index in [2.05, 4.69) is 173 Å². The first-order valence-corrected chi connectivity index (χ1v) is 30.3. The molecule has 1 N–H and O–H groups in total. The smallest absolute Gasteiger partial charge is 0.323 e. The van der Waals surface area contributed by atoms with E-state index in [1.165, 1.54) is 77.2 Å². The predicted octanol–water partition coefficient (Wildman–Crippen LogP) is 19.5. The molecule has 0 fully saturated rings. The van der Waals surface area contributed by atoms with Crippen LogP contribution >= 0.6 is 0 Å². The topological polar surface area (TPSA) is 82.8 Å². The number of imide groups is 1. The van der Waals surface area contributed by atoms with Gasteiger partial charge in [-0.05, 0) is 185 Å². The van der Waals surface area contributed by atoms with Crippen molar-refractivity contribution in [2.24, 2.45) is 10.8 Å². The maximum Gasteiger partial charge on any atom is 0.323 e. The molecule has 1 aromatic heterocycles. The maximum absolute atomic E-state index is 14.1. The summed E-state index contributed by atoms with van der Waals surface area (Å²) in [5.41, 5.74) is 21.3. The minimum atomic E-state index is -1.24. The number of carboxylic acid groups (broad SMARTS) is 1. The number of aliphatic carboxylic acids is 1. The van der Waals surface area contributed by atoms with E-state index >= 15 is 0 Å². The van der Waals surface area contributed by atoms with E-state index in [1.807, 2.05) is 12.1 Å². The van der Waals surface area contributed by atoms with Crippen LogP contribution < -0.4 is 4.90 Å². The van der Waals surface area contributed by atoms with Gasteiger partial charge in [-0.15, -0.1) is 0 Å². The number of carbonyl (C=O) groups excluding carboxylic acids is 2. The van der Waals surface area contributed by atoms with Gasteiger partial charge in [0.2, 0.25) is 0 Å². The van der Waals surface area contributed by atoms with Gasteiger partial charge in [0.25, 0.3) is 11.8 Å². The number of carboxylic acids is 1. The Morgan fingerprint density at radius 3 is 2.10 bits per heavy atom. The quantitative estimate of drug-likeness (QED) is 0.0638. The van der Waals surface area contributed by atoms with Gasteiger partial charge in [-0.1, -0.05) is 183 Å². The predicted molar refractivity (Wildman–Crippen MR) is 349 cm³/mol. The Kier molecular flexibility index (Phi) is 11.7. The monoisotopic (exact) mass is 1100 g/mol. The van der Waals surface area contributed by atoms with Crippen molar-refractivity contribution in [3.05, 3.63) is 213 Å². The van der Waals surface area contributed by atoms with Crippen molar-refractivity contribution < 1.29 is 19.5 Å². The van der Waals surface area contributed by atoms with Gasteiger partial charge in [0, 0.05) is 50.6 Å². The van der Waals surface area contributed by atoms with Crippen molar-refractivity contribution in [2.75, 3.05) is 11.4 Å². The highest BCUT2D eigenvalue weighted by Crippen LogP contribution is 2.52. The molecule has 1 aliphatic heterocycles. The molecule has 9 aromatic rings. The molecule has 2 amide bonds. The summed E-state index contributed by atoms with van der Waals surface area (Å²) < 4.78 is 2.57. The zero-order chi connectivity index (χ0) is 57.8. The number of allylic oxidation sites excluding steroid dienone is 15. The zero-order valence-corrected chi connectivity index (χ0v) is 49.3. The molecule has 0 unspecified atom stereocenters. The van der Waals surface area contributed by atoms with Crippen LogP contribution in [0.25, 0.3) is 87.3 Å². The number of rotatable bonds is 10. The molecule has 15 rings (SSSR count). The minimum absolute atomic E-state index is 0.0479. The normalized spacial score (nSPS) is 18.9. The van der Waals surface area contributed by atoms with E-state index in [9.17, 15) is 19.5 Å². The zero-order valence-electron chi connectivity index (χ0n) is 49.3. The molecule has 84 heavy (non-hydrogen) atoms. The maximum atomic E-state index is 14.1. The average molecular weight is 1100 g/mol. The molecule has 416 valence electrons. The lowest BCUT2D eigenvalue weighted by Gasteiger charge is -2.35. The van der Waals surface area contributed by atoms with Crippen LogP contribution in [0.4, 0.5) is 11.4 Å². The van der Waals surface area contributed by atoms with Crippen LogP contribution in [-0.4, -0.2) is 38.9 Å². The molecule has 8 aromatic carbocycles. The van der Waals surface area contributed by atoms with E-state index in [0.29, 0.717) is 22.9 Å². The summed E-state index contributed by atoms with van der Waals surface area (Å²) in [5, 5.41) is 22.5. The molecule has 7 nitrogen and oxygen atoms in total. The number of nitrogens with zero attached hydrogens (tertiary/aromatic N) is 3. The van der Waals surface area contributed by atoms with Crippen molar-refractivity contribution >= 4 is 116 Å². The highest BCUT2D eigenvalue weighted by Gasteiger charge is 2.37. The van der Waals surface area contributed by atoms with Crippen molar-refractivity contribution in [3.8, 4) is 0 Å². The number of hydrogen-bond donors (Lipinski definition) is 1. The summed E-state index contributed by atoms with van der Waals surface area (Å²) in [4.78, 5) is 43.4. The number of aryl methyl sites for hydroxylation is 1. The van der Waals surface area contributed by atoms with Gasteiger partial charge in [0.15, 0.2) is 0 Å². The highest BCUT2D eigenvalue weighted by atomic mass is 16.4. The standard InChI is InChI=1S/C77H69N3O4/c1-9-10-11-12-34-78-65-40-52(25-27-57(65)71-58-15-13-14-53-54-28-30-59-73-60(75(84)79(74(59)83)42-67(81)82)31-29-55(72(54)73)62(70(53)58)41-66(71)78)80(63-32-18-44-17-20-47-37-50(76(3,4)5)36-46(61(47)35-44)19-16-43(63)2)64-33-24-45-21-22-48-38-51(77(6,7)8)39-49-23-26-56(64)69(45)68(48)49/h13-15,17-20,22-33,37,39-41H,2,9-12,16,21,34-36,38,42H2,1,3-8H3,(H,81,82)/b44-18-,46-19-,63-32+. The third-order valence-corrected chi connectivity index (χ3v) is 19.5. The second-order valence-corrected chi connectivity index (χ2v) is 26.6. The first-order valence-electron chi connectivity index (χ1n) is 30.3. The Hall–Kier alpha value is -8.81. The van der Waals surface area contributed by atoms with Crippen LogP contribution in [-0.2, 0) is 17.8 Å². The number of unbranched alkanes of at least 4 members (excludes halogenated alkanes) is 3.